The highest BCUT2D eigenvalue weighted by Gasteiger charge is 2.23. The number of thioether (sulfide) groups is 1. The van der Waals surface area contributed by atoms with E-state index in [0.29, 0.717) is 21.7 Å². The third-order valence-electron chi connectivity index (χ3n) is 3.50. The van der Waals surface area contributed by atoms with Gasteiger partial charge in [-0.15, -0.1) is 0 Å². The Labute approximate surface area is 152 Å². The van der Waals surface area contributed by atoms with Crippen molar-refractivity contribution in [1.29, 1.82) is 0 Å². The number of amides is 1. The minimum atomic E-state index is -2.74. The van der Waals surface area contributed by atoms with Crippen molar-refractivity contribution >= 4 is 46.0 Å². The van der Waals surface area contributed by atoms with Crippen LogP contribution in [-0.2, 0) is 4.79 Å². The predicted molar refractivity (Wildman–Crippen MR) is 96.4 cm³/mol. The average molecular weight is 382 g/mol. The van der Waals surface area contributed by atoms with Crippen molar-refractivity contribution in [2.24, 2.45) is 0 Å². The topological polar surface area (TPSA) is 46.9 Å². The highest BCUT2D eigenvalue weighted by molar-refractivity contribution is 8.00. The van der Waals surface area contributed by atoms with Gasteiger partial charge < -0.3 is 5.32 Å². The van der Waals surface area contributed by atoms with Gasteiger partial charge in [-0.05, 0) is 37.3 Å². The van der Waals surface area contributed by atoms with E-state index in [0.717, 1.165) is 16.3 Å². The molecular weight excluding hydrogens is 368 g/mol. The zero-order chi connectivity index (χ0) is 18.0. The SMILES string of the molecule is CC(Sc1nc2ccccc2n1C(F)F)C(=O)Nc1cccc(Cl)c1. The van der Waals surface area contributed by atoms with Gasteiger partial charge in [0.25, 0.3) is 0 Å². The van der Waals surface area contributed by atoms with Gasteiger partial charge in [-0.2, -0.15) is 8.78 Å². The highest BCUT2D eigenvalue weighted by atomic mass is 35.5. The monoisotopic (exact) mass is 381 g/mol. The van der Waals surface area contributed by atoms with E-state index in [1.54, 1.807) is 55.5 Å². The Balaban J connectivity index is 1.80. The van der Waals surface area contributed by atoms with Crippen molar-refractivity contribution in [2.75, 3.05) is 5.32 Å². The summed E-state index contributed by atoms with van der Waals surface area (Å²) < 4.78 is 27.7. The van der Waals surface area contributed by atoms with Crippen molar-refractivity contribution in [2.45, 2.75) is 23.9 Å². The van der Waals surface area contributed by atoms with Crippen LogP contribution in [0.25, 0.3) is 11.0 Å². The van der Waals surface area contributed by atoms with Gasteiger partial charge in [0.15, 0.2) is 5.16 Å². The maximum atomic E-state index is 13.4. The fourth-order valence-electron chi connectivity index (χ4n) is 2.32. The number of hydrogen-bond acceptors (Lipinski definition) is 3. The Morgan fingerprint density at radius 3 is 2.72 bits per heavy atom. The van der Waals surface area contributed by atoms with E-state index < -0.39 is 11.8 Å². The summed E-state index contributed by atoms with van der Waals surface area (Å²) >= 11 is 6.87. The molecule has 0 aliphatic heterocycles. The number of nitrogens with zero attached hydrogens (tertiary/aromatic N) is 2. The molecule has 3 aromatic rings. The Morgan fingerprint density at radius 2 is 2.00 bits per heavy atom. The average Bonchev–Trinajstić information content (AvgIpc) is 2.92. The summed E-state index contributed by atoms with van der Waals surface area (Å²) in [6, 6.07) is 13.4. The molecule has 1 aromatic heterocycles. The second-order valence-electron chi connectivity index (χ2n) is 5.29. The van der Waals surface area contributed by atoms with E-state index in [1.165, 1.54) is 0 Å². The van der Waals surface area contributed by atoms with Crippen molar-refractivity contribution < 1.29 is 13.6 Å². The zero-order valence-electron chi connectivity index (χ0n) is 13.1. The van der Waals surface area contributed by atoms with E-state index >= 15 is 0 Å². The normalized spacial score (nSPS) is 12.5. The smallest absolute Gasteiger partial charge is 0.321 e. The minimum Gasteiger partial charge on any atom is -0.325 e. The van der Waals surface area contributed by atoms with Gasteiger partial charge in [0.2, 0.25) is 5.91 Å². The molecule has 1 amide bonds. The summed E-state index contributed by atoms with van der Waals surface area (Å²) in [5, 5.41) is 2.70. The fraction of sp³-hybridized carbons (Fsp3) is 0.176. The van der Waals surface area contributed by atoms with E-state index in [4.69, 9.17) is 11.6 Å². The number of para-hydroxylation sites is 2. The molecule has 1 heterocycles. The van der Waals surface area contributed by atoms with Crippen molar-refractivity contribution in [3.8, 4) is 0 Å². The molecule has 8 heteroatoms. The molecule has 1 unspecified atom stereocenters. The van der Waals surface area contributed by atoms with Gasteiger partial charge in [0, 0.05) is 10.7 Å². The Morgan fingerprint density at radius 1 is 1.24 bits per heavy atom. The minimum absolute atomic E-state index is 0.102. The molecule has 2 aromatic carbocycles. The number of alkyl halides is 2. The quantitative estimate of drug-likeness (QED) is 0.617. The number of aromatic nitrogens is 2. The number of hydrogen-bond donors (Lipinski definition) is 1. The van der Waals surface area contributed by atoms with Crippen LogP contribution in [0, 0.1) is 0 Å². The van der Waals surface area contributed by atoms with Crippen molar-refractivity contribution in [1.82, 2.24) is 9.55 Å². The summed E-state index contributed by atoms with van der Waals surface area (Å²) in [6.45, 7) is -1.10. The first-order chi connectivity index (χ1) is 12.0. The van der Waals surface area contributed by atoms with E-state index in [9.17, 15) is 13.6 Å². The molecule has 1 N–H and O–H groups in total. The molecule has 0 saturated heterocycles. The maximum absolute atomic E-state index is 13.4. The summed E-state index contributed by atoms with van der Waals surface area (Å²) in [6.07, 6.45) is 0. The lowest BCUT2D eigenvalue weighted by Crippen LogP contribution is -2.23. The first-order valence-electron chi connectivity index (χ1n) is 7.44. The molecule has 4 nitrogen and oxygen atoms in total. The summed E-state index contributed by atoms with van der Waals surface area (Å²) in [5.41, 5.74) is 1.35. The number of imidazole rings is 1. The van der Waals surface area contributed by atoms with E-state index in [-0.39, 0.29) is 11.1 Å². The van der Waals surface area contributed by atoms with Crippen molar-refractivity contribution in [3.05, 3.63) is 53.6 Å². The number of carbonyl (C=O) groups excluding carboxylic acids is 1. The Hall–Kier alpha value is -2.12. The zero-order valence-corrected chi connectivity index (χ0v) is 14.7. The number of fused-ring (bicyclic) bond motifs is 1. The number of benzene rings is 2. The summed E-state index contributed by atoms with van der Waals surface area (Å²) in [4.78, 5) is 16.5. The predicted octanol–water partition coefficient (Wildman–Crippen LogP) is 5.20. The number of rotatable bonds is 5. The van der Waals surface area contributed by atoms with E-state index in [2.05, 4.69) is 10.3 Å². The van der Waals surface area contributed by atoms with Crippen LogP contribution < -0.4 is 5.32 Å². The Bertz CT molecular complexity index is 916. The second kappa shape index (κ2) is 7.41. The van der Waals surface area contributed by atoms with Crippen LogP contribution >= 0.6 is 23.4 Å². The fourth-order valence-corrected chi connectivity index (χ4v) is 3.43. The largest absolute Gasteiger partial charge is 0.325 e. The third kappa shape index (κ3) is 3.93. The van der Waals surface area contributed by atoms with Gasteiger partial charge in [0.05, 0.1) is 16.3 Å². The van der Waals surface area contributed by atoms with Crippen molar-refractivity contribution in [3.63, 3.8) is 0 Å². The van der Waals surface area contributed by atoms with Gasteiger partial charge in [0.1, 0.15) is 0 Å². The highest BCUT2D eigenvalue weighted by Crippen LogP contribution is 2.31. The van der Waals surface area contributed by atoms with Crippen LogP contribution in [0.4, 0.5) is 14.5 Å². The van der Waals surface area contributed by atoms with Crippen LogP contribution in [0.15, 0.2) is 53.7 Å². The van der Waals surface area contributed by atoms with Gasteiger partial charge >= 0.3 is 6.55 Å². The van der Waals surface area contributed by atoms with Gasteiger partial charge in [-0.3, -0.25) is 9.36 Å². The summed E-state index contributed by atoms with van der Waals surface area (Å²) in [7, 11) is 0. The molecule has 0 spiro atoms. The molecule has 0 saturated carbocycles. The number of carbonyl (C=O) groups is 1. The molecular formula is C17H14ClF2N3OS. The second-order valence-corrected chi connectivity index (χ2v) is 7.03. The van der Waals surface area contributed by atoms with Gasteiger partial charge in [-0.1, -0.05) is 41.6 Å². The van der Waals surface area contributed by atoms with Crippen LogP contribution in [0.5, 0.6) is 0 Å². The molecule has 130 valence electrons. The molecule has 3 rings (SSSR count). The van der Waals surface area contributed by atoms with Crippen LogP contribution in [0.3, 0.4) is 0 Å². The first-order valence-corrected chi connectivity index (χ1v) is 8.69. The lowest BCUT2D eigenvalue weighted by atomic mass is 10.3. The molecule has 0 aliphatic carbocycles. The summed E-state index contributed by atoms with van der Waals surface area (Å²) in [5.74, 6) is -0.319. The molecule has 0 bridgehead atoms. The van der Waals surface area contributed by atoms with Crippen LogP contribution in [-0.4, -0.2) is 20.7 Å². The molecule has 0 radical (unpaired) electrons. The van der Waals surface area contributed by atoms with Crippen LogP contribution in [0.1, 0.15) is 13.5 Å². The first kappa shape index (κ1) is 17.7. The number of halogens is 3. The maximum Gasteiger partial charge on any atom is 0.321 e. The number of anilines is 1. The van der Waals surface area contributed by atoms with Crippen LogP contribution in [0.2, 0.25) is 5.02 Å². The third-order valence-corrected chi connectivity index (χ3v) is 4.80. The standard InChI is InChI=1S/C17H14ClF2N3OS/c1-10(15(24)21-12-6-4-5-11(18)9-12)25-17-22-13-7-2-3-8-14(13)23(17)16(19)20/h2-10,16H,1H3,(H,21,24). The molecule has 0 fully saturated rings. The van der Waals surface area contributed by atoms with E-state index in [1.807, 2.05) is 0 Å². The molecule has 0 aliphatic rings. The number of nitrogens with one attached hydrogen (secondary N) is 1. The Kier molecular flexibility index (Phi) is 5.24. The molecule has 1 atom stereocenters. The lowest BCUT2D eigenvalue weighted by molar-refractivity contribution is -0.115. The lowest BCUT2D eigenvalue weighted by Gasteiger charge is -2.13. The molecule has 25 heavy (non-hydrogen) atoms. The van der Waals surface area contributed by atoms with Gasteiger partial charge in [-0.25, -0.2) is 4.98 Å².